The molecule has 0 unspecified atom stereocenters. The lowest BCUT2D eigenvalue weighted by Gasteiger charge is -2.47. The van der Waals surface area contributed by atoms with Crippen LogP contribution < -0.4 is 0 Å². The molecule has 3 aromatic carbocycles. The molecule has 1 heterocycles. The number of rotatable bonds is 10. The van der Waals surface area contributed by atoms with Crippen LogP contribution in [0.4, 0.5) is 0 Å². The van der Waals surface area contributed by atoms with Crippen molar-refractivity contribution >= 4 is 14.0 Å². The van der Waals surface area contributed by atoms with E-state index in [1.165, 1.54) is 75.3 Å². The summed E-state index contributed by atoms with van der Waals surface area (Å²) < 4.78 is 14.5. The summed E-state index contributed by atoms with van der Waals surface area (Å²) in [7, 11) is -0.606. The third-order valence-corrected chi connectivity index (χ3v) is 12.5. The predicted molar refractivity (Wildman–Crippen MR) is 172 cm³/mol. The fourth-order valence-electron chi connectivity index (χ4n) is 7.37. The van der Waals surface area contributed by atoms with Crippen LogP contribution in [-0.2, 0) is 22.1 Å². The summed E-state index contributed by atoms with van der Waals surface area (Å²) in [5.74, 6) is 0.761. The average molecular weight is 568 g/mol. The lowest BCUT2D eigenvalue weighted by atomic mass is 9.80. The Morgan fingerprint density at radius 3 is 1.63 bits per heavy atom. The van der Waals surface area contributed by atoms with Gasteiger partial charge in [-0.05, 0) is 55.9 Å². The number of ether oxygens (including phenoxy) is 1. The first-order valence-corrected chi connectivity index (χ1v) is 17.5. The van der Waals surface area contributed by atoms with Gasteiger partial charge in [0.15, 0.2) is 0 Å². The molecule has 2 atom stereocenters. The molecule has 0 N–H and O–H groups in total. The Morgan fingerprint density at radius 1 is 0.683 bits per heavy atom. The molecule has 3 aromatic rings. The van der Waals surface area contributed by atoms with Gasteiger partial charge in [-0.25, -0.2) is 4.99 Å². The summed E-state index contributed by atoms with van der Waals surface area (Å²) in [5.41, 5.74) is 4.60. The maximum atomic E-state index is 7.94. The van der Waals surface area contributed by atoms with Crippen LogP contribution in [0.2, 0.25) is 0 Å². The van der Waals surface area contributed by atoms with Gasteiger partial charge in [-0.15, -0.1) is 0 Å². The molecule has 2 fully saturated rings. The van der Waals surface area contributed by atoms with E-state index in [1.54, 1.807) is 0 Å². The molecule has 41 heavy (non-hydrogen) atoms. The van der Waals surface area contributed by atoms with Gasteiger partial charge in [0, 0.05) is 37.9 Å². The molecule has 1 aliphatic heterocycles. The monoisotopic (exact) mass is 567 g/mol. The Labute approximate surface area is 248 Å². The topological polar surface area (TPSA) is 30.8 Å². The molecular formula is C37H46NO2P. The first kappa shape index (κ1) is 28.6. The van der Waals surface area contributed by atoms with Crippen molar-refractivity contribution in [2.75, 3.05) is 0 Å². The van der Waals surface area contributed by atoms with Gasteiger partial charge in [0.05, 0.1) is 0 Å². The lowest BCUT2D eigenvalue weighted by molar-refractivity contribution is 0.0193. The zero-order chi connectivity index (χ0) is 27.9. The first-order chi connectivity index (χ1) is 20.2. The predicted octanol–water partition coefficient (Wildman–Crippen LogP) is 9.52. The Bertz CT molecular complexity index is 1180. The number of nitrogens with zero attached hydrogens (tertiary/aromatic N) is 1. The van der Waals surface area contributed by atoms with Crippen LogP contribution in [0.15, 0.2) is 96.0 Å². The minimum absolute atomic E-state index is 0.0628. The summed E-state index contributed by atoms with van der Waals surface area (Å²) >= 11 is 0. The summed E-state index contributed by atoms with van der Waals surface area (Å²) in [6.45, 7) is 2.21. The zero-order valence-electron chi connectivity index (χ0n) is 24.7. The molecule has 6 rings (SSSR count). The highest BCUT2D eigenvalue weighted by atomic mass is 31.1. The van der Waals surface area contributed by atoms with Crippen LogP contribution in [-0.4, -0.2) is 35.0 Å². The number of hydrogen-bond acceptors (Lipinski definition) is 3. The molecule has 0 spiro atoms. The smallest absolute Gasteiger partial charge is 0.216 e. The Kier molecular flexibility index (Phi) is 9.54. The molecule has 3 nitrogen and oxygen atoms in total. The molecule has 0 radical (unpaired) electrons. The lowest BCUT2D eigenvalue weighted by Crippen LogP contribution is -2.51. The summed E-state index contributed by atoms with van der Waals surface area (Å²) in [4.78, 5) is 5.43. The third-order valence-electron chi connectivity index (χ3n) is 9.41. The molecule has 216 valence electrons. The highest BCUT2D eigenvalue weighted by molar-refractivity contribution is 7.54. The summed E-state index contributed by atoms with van der Waals surface area (Å²) in [5, 5.41) is 0. The van der Waals surface area contributed by atoms with Crippen molar-refractivity contribution in [3.05, 3.63) is 108 Å². The van der Waals surface area contributed by atoms with Crippen LogP contribution in [0, 0.1) is 0 Å². The van der Waals surface area contributed by atoms with E-state index in [-0.39, 0.29) is 12.1 Å². The van der Waals surface area contributed by atoms with Gasteiger partial charge in [-0.1, -0.05) is 117 Å². The van der Waals surface area contributed by atoms with E-state index in [1.807, 2.05) is 0 Å². The van der Waals surface area contributed by atoms with Crippen molar-refractivity contribution in [1.29, 1.82) is 0 Å². The van der Waals surface area contributed by atoms with Gasteiger partial charge in [-0.2, -0.15) is 0 Å². The van der Waals surface area contributed by atoms with E-state index in [4.69, 9.17) is 14.3 Å². The van der Waals surface area contributed by atoms with E-state index in [2.05, 4.69) is 97.9 Å². The Hall–Kier alpha value is -2.48. The molecule has 2 saturated carbocycles. The molecular weight excluding hydrogens is 521 g/mol. The molecule has 2 aliphatic carbocycles. The number of aliphatic imine (C=N–C) groups is 1. The van der Waals surface area contributed by atoms with Crippen LogP contribution >= 0.6 is 8.15 Å². The minimum atomic E-state index is -0.606. The van der Waals surface area contributed by atoms with Gasteiger partial charge in [0.25, 0.3) is 0 Å². The zero-order valence-corrected chi connectivity index (χ0v) is 25.6. The molecule has 4 heteroatoms. The third kappa shape index (κ3) is 6.95. The minimum Gasteiger partial charge on any atom is -0.472 e. The number of hydrogen-bond donors (Lipinski definition) is 0. The van der Waals surface area contributed by atoms with E-state index in [0.29, 0.717) is 11.3 Å². The second kappa shape index (κ2) is 13.7. The van der Waals surface area contributed by atoms with E-state index in [0.717, 1.165) is 24.3 Å². The van der Waals surface area contributed by atoms with Crippen molar-refractivity contribution < 1.29 is 9.26 Å². The van der Waals surface area contributed by atoms with Crippen molar-refractivity contribution in [2.24, 2.45) is 4.99 Å². The molecule has 0 amide bonds. The second-order valence-electron chi connectivity index (χ2n) is 12.5. The fraction of sp³-hybridized carbons (Fsp3) is 0.486. The van der Waals surface area contributed by atoms with Crippen molar-refractivity contribution in [1.82, 2.24) is 0 Å². The van der Waals surface area contributed by atoms with Gasteiger partial charge in [-0.3, -0.25) is 0 Å². The maximum Gasteiger partial charge on any atom is 0.216 e. The average Bonchev–Trinajstić information content (AvgIpc) is 3.44. The van der Waals surface area contributed by atoms with Gasteiger partial charge in [0.1, 0.15) is 17.7 Å². The standard InChI is InChI=1S/C37H46NO2P/c1-29-35(38-36(39-29)32-21-11-4-12-22-32)37(27-30-17-7-2-8-18-30,28-31-19-9-3-10-20-31)40-41(33-23-13-5-14-24-33)34-25-15-6-16-26-34/h2-4,7-12,17-22,29,33-35H,5-6,13-16,23-28H2,1H3/t29-,35-/m1/s1. The highest BCUT2D eigenvalue weighted by Gasteiger charge is 2.50. The SMILES string of the molecule is C[C@H]1OC(c2ccccc2)=N[C@H]1C(Cc1ccccc1)(Cc1ccccc1)OP(C1CCCCC1)C1CCCCC1. The van der Waals surface area contributed by atoms with E-state index >= 15 is 0 Å². The largest absolute Gasteiger partial charge is 0.472 e. The van der Waals surface area contributed by atoms with E-state index in [9.17, 15) is 0 Å². The van der Waals surface area contributed by atoms with Gasteiger partial charge >= 0.3 is 0 Å². The van der Waals surface area contributed by atoms with Gasteiger partial charge < -0.3 is 9.26 Å². The highest BCUT2D eigenvalue weighted by Crippen LogP contribution is 2.60. The van der Waals surface area contributed by atoms with Crippen LogP contribution in [0.25, 0.3) is 0 Å². The first-order valence-electron chi connectivity index (χ1n) is 16.1. The quantitative estimate of drug-likeness (QED) is 0.228. The van der Waals surface area contributed by atoms with Crippen molar-refractivity contribution in [3.8, 4) is 0 Å². The Balaban J connectivity index is 1.46. The van der Waals surface area contributed by atoms with Crippen LogP contribution in [0.3, 0.4) is 0 Å². The van der Waals surface area contributed by atoms with Crippen LogP contribution in [0.5, 0.6) is 0 Å². The van der Waals surface area contributed by atoms with Crippen LogP contribution in [0.1, 0.15) is 87.8 Å². The molecule has 0 aromatic heterocycles. The van der Waals surface area contributed by atoms with E-state index < -0.39 is 13.7 Å². The Morgan fingerprint density at radius 2 is 1.15 bits per heavy atom. The van der Waals surface area contributed by atoms with Crippen molar-refractivity contribution in [3.63, 3.8) is 0 Å². The molecule has 0 bridgehead atoms. The van der Waals surface area contributed by atoms with Gasteiger partial charge in [0.2, 0.25) is 5.90 Å². The normalized spacial score (nSPS) is 22.4. The summed E-state index contributed by atoms with van der Waals surface area (Å²) in [6.07, 6.45) is 15.1. The number of benzene rings is 3. The second-order valence-corrected chi connectivity index (χ2v) is 14.9. The molecule has 3 aliphatic rings. The summed E-state index contributed by atoms with van der Waals surface area (Å²) in [6, 6.07) is 32.3. The molecule has 0 saturated heterocycles. The maximum absolute atomic E-state index is 7.94. The fourth-order valence-corrected chi connectivity index (χ4v) is 10.7. The van der Waals surface area contributed by atoms with Crippen molar-refractivity contribution in [2.45, 2.75) is 113 Å².